The lowest BCUT2D eigenvalue weighted by atomic mass is 10.1. The summed E-state index contributed by atoms with van der Waals surface area (Å²) in [7, 11) is 0. The Morgan fingerprint density at radius 2 is 1.62 bits per heavy atom. The molecule has 0 aliphatic carbocycles. The van der Waals surface area contributed by atoms with Crippen LogP contribution in [0.1, 0.15) is 55.8 Å². The van der Waals surface area contributed by atoms with Gasteiger partial charge < -0.3 is 14.6 Å². The van der Waals surface area contributed by atoms with Crippen LogP contribution in [0.3, 0.4) is 0 Å². The molecule has 0 spiro atoms. The van der Waals surface area contributed by atoms with E-state index in [2.05, 4.69) is 11.7 Å². The molecule has 1 aromatic carbocycles. The number of aliphatic carboxylic acids is 1. The Labute approximate surface area is 178 Å². The van der Waals surface area contributed by atoms with Gasteiger partial charge in [-0.15, -0.1) is 0 Å². The van der Waals surface area contributed by atoms with Crippen LogP contribution in [0.4, 0.5) is 8.78 Å². The van der Waals surface area contributed by atoms with Crippen LogP contribution in [0.5, 0.6) is 5.75 Å². The summed E-state index contributed by atoms with van der Waals surface area (Å²) >= 11 is 3.42. The zero-order valence-electron chi connectivity index (χ0n) is 14.2. The Morgan fingerprint density at radius 1 is 1.08 bits per heavy atom. The smallest absolute Gasteiger partial charge is 0.474 e. The molecule has 0 unspecified atom stereocenters. The van der Waals surface area contributed by atoms with Gasteiger partial charge in [0.1, 0.15) is 0 Å². The third-order valence-electron chi connectivity index (χ3n) is 3.44. The third kappa shape index (κ3) is 7.49. The number of rotatable bonds is 11. The first-order chi connectivity index (χ1) is 12.2. The number of unbranched alkanes of at least 4 members (excludes halogenated alkanes) is 5. The molecule has 1 N–H and O–H groups in total. The van der Waals surface area contributed by atoms with Gasteiger partial charge in [0.25, 0.3) is 0 Å². The van der Waals surface area contributed by atoms with Gasteiger partial charge in [0.15, 0.2) is 5.75 Å². The highest BCUT2D eigenvalue weighted by atomic mass is 127. The van der Waals surface area contributed by atoms with Crippen molar-refractivity contribution in [3.63, 3.8) is 0 Å². The lowest BCUT2D eigenvalue weighted by Gasteiger charge is -2.16. The number of alkyl halides is 2. The van der Waals surface area contributed by atoms with Crippen molar-refractivity contribution in [2.24, 2.45) is 0 Å². The summed E-state index contributed by atoms with van der Waals surface area (Å²) in [6.07, 6.45) is 2.05. The molecular formula is C17H20F2I2O5. The minimum absolute atomic E-state index is 0.196. The fourth-order valence-electron chi connectivity index (χ4n) is 2.08. The highest BCUT2D eigenvalue weighted by Gasteiger charge is 2.43. The van der Waals surface area contributed by atoms with E-state index in [9.17, 15) is 18.4 Å². The molecule has 0 heterocycles. The summed E-state index contributed by atoms with van der Waals surface area (Å²) in [6.45, 7) is 2.44. The van der Waals surface area contributed by atoms with Gasteiger partial charge in [-0.3, -0.25) is 0 Å². The Kier molecular flexibility index (Phi) is 10.0. The molecule has 0 radical (unpaired) electrons. The van der Waals surface area contributed by atoms with Crippen LogP contribution in [0, 0.1) is 7.14 Å². The van der Waals surface area contributed by atoms with E-state index in [0.29, 0.717) is 6.61 Å². The average Bonchev–Trinajstić information content (AvgIpc) is 2.56. The van der Waals surface area contributed by atoms with Gasteiger partial charge in [-0.1, -0.05) is 39.0 Å². The molecule has 1 rings (SSSR count). The van der Waals surface area contributed by atoms with Crippen molar-refractivity contribution in [2.75, 3.05) is 6.61 Å². The van der Waals surface area contributed by atoms with E-state index in [-0.39, 0.29) is 18.5 Å². The minimum atomic E-state index is -4.35. The summed E-state index contributed by atoms with van der Waals surface area (Å²) < 4.78 is 36.4. The number of hydrogen-bond acceptors (Lipinski definition) is 4. The average molecular weight is 596 g/mol. The van der Waals surface area contributed by atoms with Crippen LogP contribution in [-0.2, 0) is 9.53 Å². The van der Waals surface area contributed by atoms with Crippen molar-refractivity contribution in [3.8, 4) is 5.75 Å². The molecule has 0 aliphatic heterocycles. The first-order valence-corrected chi connectivity index (χ1v) is 10.3. The molecular weight excluding hydrogens is 576 g/mol. The van der Waals surface area contributed by atoms with Crippen molar-refractivity contribution in [1.29, 1.82) is 0 Å². The summed E-state index contributed by atoms with van der Waals surface area (Å²) in [5.41, 5.74) is 0.204. The maximum atomic E-state index is 13.2. The summed E-state index contributed by atoms with van der Waals surface area (Å²) in [5.74, 6) is -3.22. The van der Waals surface area contributed by atoms with Gasteiger partial charge in [0, 0.05) is 0 Å². The van der Waals surface area contributed by atoms with Gasteiger partial charge in [-0.05, 0) is 63.7 Å². The summed E-state index contributed by atoms with van der Waals surface area (Å²) in [4.78, 5) is 22.6. The second-order valence-electron chi connectivity index (χ2n) is 5.60. The predicted molar refractivity (Wildman–Crippen MR) is 109 cm³/mol. The van der Waals surface area contributed by atoms with Crippen LogP contribution in [0.15, 0.2) is 12.1 Å². The number of carboxylic acid groups (broad SMARTS) is 1. The van der Waals surface area contributed by atoms with E-state index in [1.54, 1.807) is 45.2 Å². The van der Waals surface area contributed by atoms with Crippen LogP contribution in [-0.4, -0.2) is 29.8 Å². The fraction of sp³-hybridized carbons (Fsp3) is 0.529. The normalized spacial score (nSPS) is 11.3. The maximum absolute atomic E-state index is 13.2. The van der Waals surface area contributed by atoms with E-state index < -0.39 is 18.0 Å². The molecule has 9 heteroatoms. The molecule has 0 saturated heterocycles. The number of ether oxygens (including phenoxy) is 2. The van der Waals surface area contributed by atoms with Crippen LogP contribution < -0.4 is 4.74 Å². The molecule has 1 aromatic rings. The van der Waals surface area contributed by atoms with Gasteiger partial charge in [-0.25, -0.2) is 9.59 Å². The number of carboxylic acids is 1. The van der Waals surface area contributed by atoms with Gasteiger partial charge in [0.05, 0.1) is 19.3 Å². The number of halogens is 4. The topological polar surface area (TPSA) is 72.8 Å². The lowest BCUT2D eigenvalue weighted by Crippen LogP contribution is -2.35. The second kappa shape index (κ2) is 11.2. The van der Waals surface area contributed by atoms with Crippen molar-refractivity contribution >= 4 is 57.1 Å². The van der Waals surface area contributed by atoms with E-state index >= 15 is 0 Å². The third-order valence-corrected chi connectivity index (χ3v) is 5.05. The van der Waals surface area contributed by atoms with Gasteiger partial charge in [0.2, 0.25) is 0 Å². The largest absolute Gasteiger partial charge is 0.501 e. The molecule has 5 nitrogen and oxygen atoms in total. The number of esters is 1. The van der Waals surface area contributed by atoms with Crippen molar-refractivity contribution in [3.05, 3.63) is 24.8 Å². The van der Waals surface area contributed by atoms with Crippen LogP contribution >= 0.6 is 45.2 Å². The standard InChI is InChI=1S/C17H20F2I2O5/c1-2-3-4-5-6-7-8-25-15(22)11-9-12(20)14(13(21)10-11)26-17(18,19)16(23)24/h9-10H,2-8H2,1H3,(H,23,24). The molecule has 0 aromatic heterocycles. The first kappa shape index (κ1) is 23.3. The van der Waals surface area contributed by atoms with E-state index in [0.717, 1.165) is 19.3 Å². The van der Waals surface area contributed by atoms with E-state index in [1.807, 2.05) is 0 Å². The summed E-state index contributed by atoms with van der Waals surface area (Å²) in [5, 5.41) is 8.46. The van der Waals surface area contributed by atoms with E-state index in [1.165, 1.54) is 31.4 Å². The van der Waals surface area contributed by atoms with Crippen LogP contribution in [0.2, 0.25) is 0 Å². The molecule has 0 atom stereocenters. The minimum Gasteiger partial charge on any atom is -0.474 e. The Morgan fingerprint density at radius 3 is 2.15 bits per heavy atom. The monoisotopic (exact) mass is 596 g/mol. The fourth-order valence-corrected chi connectivity index (χ4v) is 4.07. The van der Waals surface area contributed by atoms with Crippen molar-refractivity contribution in [2.45, 2.75) is 51.6 Å². The highest BCUT2D eigenvalue weighted by molar-refractivity contribution is 14.1. The number of carbonyl (C=O) groups is 2. The zero-order chi connectivity index (χ0) is 19.7. The van der Waals surface area contributed by atoms with Crippen LogP contribution in [0.25, 0.3) is 0 Å². The zero-order valence-corrected chi connectivity index (χ0v) is 18.5. The van der Waals surface area contributed by atoms with Gasteiger partial charge >= 0.3 is 18.0 Å². The van der Waals surface area contributed by atoms with Gasteiger partial charge in [-0.2, -0.15) is 8.78 Å². The molecule has 0 bridgehead atoms. The predicted octanol–water partition coefficient (Wildman–Crippen LogP) is 5.47. The molecule has 26 heavy (non-hydrogen) atoms. The van der Waals surface area contributed by atoms with E-state index in [4.69, 9.17) is 9.84 Å². The molecule has 0 saturated carbocycles. The molecule has 0 amide bonds. The molecule has 0 fully saturated rings. The number of hydrogen-bond donors (Lipinski definition) is 1. The maximum Gasteiger partial charge on any atom is 0.501 e. The van der Waals surface area contributed by atoms with Crippen molar-refractivity contribution in [1.82, 2.24) is 0 Å². The SMILES string of the molecule is CCCCCCCCOC(=O)c1cc(I)c(OC(F)(F)C(=O)O)c(I)c1. The lowest BCUT2D eigenvalue weighted by molar-refractivity contribution is -0.211. The Bertz CT molecular complexity index is 615. The summed E-state index contributed by atoms with van der Waals surface area (Å²) in [6, 6.07) is 2.67. The highest BCUT2D eigenvalue weighted by Crippen LogP contribution is 2.33. The molecule has 0 aliphatic rings. The number of benzene rings is 1. The molecule has 146 valence electrons. The number of carbonyl (C=O) groups excluding carboxylic acids is 1. The van der Waals surface area contributed by atoms with Crippen molar-refractivity contribution < 1.29 is 33.0 Å². The Hall–Kier alpha value is -0.720. The first-order valence-electron chi connectivity index (χ1n) is 8.15. The second-order valence-corrected chi connectivity index (χ2v) is 7.92. The quantitative estimate of drug-likeness (QED) is 0.209. The Balaban J connectivity index is 2.63.